The lowest BCUT2D eigenvalue weighted by atomic mass is 10.3. The van der Waals surface area contributed by atoms with Crippen LogP contribution in [0.25, 0.3) is 0 Å². The normalized spacial score (nSPS) is 10.6. The number of nitrogens with zero attached hydrogens (tertiary/aromatic N) is 1. The van der Waals surface area contributed by atoms with Gasteiger partial charge in [-0.3, -0.25) is 0 Å². The predicted octanol–water partition coefficient (Wildman–Crippen LogP) is 2.32. The molecule has 0 amide bonds. The Kier molecular flexibility index (Phi) is 4.98. The van der Waals surface area contributed by atoms with Crippen LogP contribution >= 0.6 is 0 Å². The molecule has 1 aromatic rings. The summed E-state index contributed by atoms with van der Waals surface area (Å²) in [6.07, 6.45) is 0. The Labute approximate surface area is 91.8 Å². The third-order valence-corrected chi connectivity index (χ3v) is 2.42. The van der Waals surface area contributed by atoms with Gasteiger partial charge in [0.1, 0.15) is 12.4 Å². The fraction of sp³-hybridized carbons (Fsp3) is 0.500. The molecule has 1 aromatic carbocycles. The van der Waals surface area contributed by atoms with Crippen LogP contribution in [0.2, 0.25) is 0 Å². The zero-order chi connectivity index (χ0) is 11.1. The van der Waals surface area contributed by atoms with E-state index >= 15 is 0 Å². The molecule has 0 saturated heterocycles. The molecule has 0 saturated carbocycles. The SMILES string of the molecule is CCN(CC)CCOc1ccc([NH])cc1. The molecule has 15 heavy (non-hydrogen) atoms. The van der Waals surface area contributed by atoms with E-state index in [1.807, 2.05) is 12.1 Å². The Balaban J connectivity index is 2.28. The van der Waals surface area contributed by atoms with Crippen LogP contribution in [-0.4, -0.2) is 31.1 Å². The van der Waals surface area contributed by atoms with E-state index in [1.54, 1.807) is 12.1 Å². The molecular weight excluding hydrogens is 188 g/mol. The summed E-state index contributed by atoms with van der Waals surface area (Å²) in [6.45, 7) is 8.09. The van der Waals surface area contributed by atoms with Crippen molar-refractivity contribution in [2.45, 2.75) is 13.8 Å². The molecule has 83 valence electrons. The van der Waals surface area contributed by atoms with Crippen molar-refractivity contribution in [1.29, 1.82) is 0 Å². The molecule has 0 bridgehead atoms. The molecule has 0 aliphatic heterocycles. The second kappa shape index (κ2) is 6.30. The van der Waals surface area contributed by atoms with Crippen molar-refractivity contribution >= 4 is 5.69 Å². The van der Waals surface area contributed by atoms with Crippen LogP contribution in [0, 0.1) is 0 Å². The molecular formula is C12H19N2O. The predicted molar refractivity (Wildman–Crippen MR) is 62.5 cm³/mol. The smallest absolute Gasteiger partial charge is 0.119 e. The van der Waals surface area contributed by atoms with Crippen molar-refractivity contribution in [2.24, 2.45) is 0 Å². The van der Waals surface area contributed by atoms with E-state index in [0.717, 1.165) is 25.4 Å². The minimum absolute atomic E-state index is 0.520. The van der Waals surface area contributed by atoms with E-state index in [9.17, 15) is 0 Å². The fourth-order valence-corrected chi connectivity index (χ4v) is 1.38. The summed E-state index contributed by atoms with van der Waals surface area (Å²) in [6, 6.07) is 7.16. The standard InChI is InChI=1S/C12H19N2O/c1-3-14(4-2)9-10-15-12-7-5-11(13)6-8-12/h5-8,13H,3-4,9-10H2,1-2H3. The van der Waals surface area contributed by atoms with Gasteiger partial charge in [0.15, 0.2) is 0 Å². The first kappa shape index (κ1) is 11.9. The lowest BCUT2D eigenvalue weighted by molar-refractivity contribution is 0.223. The monoisotopic (exact) mass is 207 g/mol. The van der Waals surface area contributed by atoms with Crippen molar-refractivity contribution in [3.8, 4) is 5.75 Å². The van der Waals surface area contributed by atoms with Crippen LogP contribution in [0.1, 0.15) is 13.8 Å². The molecule has 0 fully saturated rings. The van der Waals surface area contributed by atoms with Gasteiger partial charge in [-0.2, -0.15) is 0 Å². The van der Waals surface area contributed by atoms with Crippen LogP contribution in [-0.2, 0) is 0 Å². The molecule has 0 spiro atoms. The molecule has 3 nitrogen and oxygen atoms in total. The second-order valence-corrected chi connectivity index (χ2v) is 3.40. The summed E-state index contributed by atoms with van der Waals surface area (Å²) in [5.41, 5.74) is 7.85. The van der Waals surface area contributed by atoms with Gasteiger partial charge in [-0.15, -0.1) is 0 Å². The average molecular weight is 207 g/mol. The average Bonchev–Trinajstić information content (AvgIpc) is 2.27. The van der Waals surface area contributed by atoms with Crippen LogP contribution in [0.4, 0.5) is 5.69 Å². The molecule has 1 N–H and O–H groups in total. The summed E-state index contributed by atoms with van der Waals surface area (Å²) >= 11 is 0. The number of hydrogen-bond donors (Lipinski definition) is 0. The molecule has 0 aliphatic rings. The van der Waals surface area contributed by atoms with E-state index in [4.69, 9.17) is 10.5 Å². The van der Waals surface area contributed by atoms with Crippen LogP contribution in [0.15, 0.2) is 24.3 Å². The summed E-state index contributed by atoms with van der Waals surface area (Å²) in [5.74, 6) is 0.846. The maximum atomic E-state index is 7.33. The third-order valence-electron chi connectivity index (χ3n) is 2.42. The van der Waals surface area contributed by atoms with Crippen molar-refractivity contribution < 1.29 is 4.74 Å². The first-order valence-corrected chi connectivity index (χ1v) is 5.43. The lowest BCUT2D eigenvalue weighted by Crippen LogP contribution is -2.27. The topological polar surface area (TPSA) is 36.3 Å². The summed E-state index contributed by atoms with van der Waals surface area (Å²) in [4.78, 5) is 2.32. The van der Waals surface area contributed by atoms with Gasteiger partial charge in [0.25, 0.3) is 0 Å². The largest absolute Gasteiger partial charge is 0.492 e. The van der Waals surface area contributed by atoms with Crippen molar-refractivity contribution in [3.05, 3.63) is 24.3 Å². The van der Waals surface area contributed by atoms with Gasteiger partial charge in [0.2, 0.25) is 0 Å². The third kappa shape index (κ3) is 4.21. The molecule has 0 atom stereocenters. The fourth-order valence-electron chi connectivity index (χ4n) is 1.38. The molecule has 0 aliphatic carbocycles. The van der Waals surface area contributed by atoms with E-state index in [0.29, 0.717) is 12.3 Å². The Hall–Kier alpha value is -1.22. The van der Waals surface area contributed by atoms with Gasteiger partial charge in [-0.25, -0.2) is 0 Å². The molecule has 1 rings (SSSR count). The zero-order valence-corrected chi connectivity index (χ0v) is 9.49. The van der Waals surface area contributed by atoms with Crippen LogP contribution in [0.3, 0.4) is 0 Å². The molecule has 1 radical (unpaired) electrons. The Morgan fingerprint density at radius 3 is 2.27 bits per heavy atom. The van der Waals surface area contributed by atoms with E-state index in [1.165, 1.54) is 0 Å². The van der Waals surface area contributed by atoms with Crippen LogP contribution in [0.5, 0.6) is 5.75 Å². The van der Waals surface area contributed by atoms with Crippen molar-refractivity contribution in [2.75, 3.05) is 26.2 Å². The summed E-state index contributed by atoms with van der Waals surface area (Å²) < 4.78 is 5.57. The van der Waals surface area contributed by atoms with Gasteiger partial charge >= 0.3 is 0 Å². The van der Waals surface area contributed by atoms with Gasteiger partial charge in [-0.05, 0) is 37.4 Å². The number of likely N-dealkylation sites (N-methyl/N-ethyl adjacent to an activating group) is 1. The number of rotatable bonds is 6. The number of ether oxygens (including phenoxy) is 1. The van der Waals surface area contributed by atoms with Gasteiger partial charge in [-0.1, -0.05) is 13.8 Å². The van der Waals surface area contributed by atoms with Crippen molar-refractivity contribution in [3.63, 3.8) is 0 Å². The maximum Gasteiger partial charge on any atom is 0.119 e. The van der Waals surface area contributed by atoms with Crippen LogP contribution < -0.4 is 10.5 Å². The van der Waals surface area contributed by atoms with Gasteiger partial charge in [0.05, 0.1) is 5.69 Å². The highest BCUT2D eigenvalue weighted by Crippen LogP contribution is 2.13. The Morgan fingerprint density at radius 2 is 1.73 bits per heavy atom. The highest BCUT2D eigenvalue weighted by molar-refractivity contribution is 5.38. The maximum absolute atomic E-state index is 7.33. The van der Waals surface area contributed by atoms with E-state index in [-0.39, 0.29) is 0 Å². The number of hydrogen-bond acceptors (Lipinski definition) is 2. The van der Waals surface area contributed by atoms with E-state index < -0.39 is 0 Å². The van der Waals surface area contributed by atoms with E-state index in [2.05, 4.69) is 18.7 Å². The lowest BCUT2D eigenvalue weighted by Gasteiger charge is -2.17. The van der Waals surface area contributed by atoms with Crippen molar-refractivity contribution in [1.82, 2.24) is 10.6 Å². The number of nitrogens with one attached hydrogen (secondary N) is 1. The zero-order valence-electron chi connectivity index (χ0n) is 9.49. The first-order valence-electron chi connectivity index (χ1n) is 5.43. The Morgan fingerprint density at radius 1 is 1.13 bits per heavy atom. The molecule has 3 heteroatoms. The highest BCUT2D eigenvalue weighted by atomic mass is 16.5. The molecule has 0 heterocycles. The second-order valence-electron chi connectivity index (χ2n) is 3.40. The minimum Gasteiger partial charge on any atom is -0.492 e. The summed E-state index contributed by atoms with van der Waals surface area (Å²) in [5, 5.41) is 0. The number of benzene rings is 1. The van der Waals surface area contributed by atoms with Gasteiger partial charge < -0.3 is 15.4 Å². The quantitative estimate of drug-likeness (QED) is 0.717. The van der Waals surface area contributed by atoms with Gasteiger partial charge in [0, 0.05) is 6.54 Å². The first-order chi connectivity index (χ1) is 7.26. The molecule has 0 aromatic heterocycles. The summed E-state index contributed by atoms with van der Waals surface area (Å²) in [7, 11) is 0. The highest BCUT2D eigenvalue weighted by Gasteiger charge is 1.99. The Bertz CT molecular complexity index is 267. The minimum atomic E-state index is 0.520. The molecule has 0 unspecified atom stereocenters.